The standard InChI is InChI=1S/C15H22N2O/c1-10(2)12-4-5-15-13(8-12)14(11(3)18)9-17(15)7-6-16/h4-5,8-11,18H,6-7,16H2,1-3H3. The van der Waals surface area contributed by atoms with E-state index in [4.69, 9.17) is 5.73 Å². The van der Waals surface area contributed by atoms with Gasteiger partial charge in [0.2, 0.25) is 0 Å². The van der Waals surface area contributed by atoms with Crippen molar-refractivity contribution in [3.8, 4) is 0 Å². The lowest BCUT2D eigenvalue weighted by molar-refractivity contribution is 0.200. The molecule has 0 aliphatic rings. The van der Waals surface area contributed by atoms with Crippen molar-refractivity contribution in [1.82, 2.24) is 4.57 Å². The zero-order valence-corrected chi connectivity index (χ0v) is 11.4. The number of nitrogens with two attached hydrogens (primary N) is 1. The van der Waals surface area contributed by atoms with Gasteiger partial charge in [-0.1, -0.05) is 19.9 Å². The predicted molar refractivity (Wildman–Crippen MR) is 75.7 cm³/mol. The molecule has 1 aromatic carbocycles. The van der Waals surface area contributed by atoms with Crippen LogP contribution in [0.4, 0.5) is 0 Å². The molecule has 0 spiro atoms. The highest BCUT2D eigenvalue weighted by Crippen LogP contribution is 2.29. The molecule has 0 saturated heterocycles. The molecule has 2 aromatic rings. The Kier molecular flexibility index (Phi) is 3.73. The first-order valence-corrected chi connectivity index (χ1v) is 6.55. The van der Waals surface area contributed by atoms with E-state index in [0.717, 1.165) is 23.0 Å². The SMILES string of the molecule is CC(C)c1ccc2c(c1)c(C(C)O)cn2CCN. The van der Waals surface area contributed by atoms with Gasteiger partial charge in [0, 0.05) is 35.8 Å². The van der Waals surface area contributed by atoms with Crippen LogP contribution in [0.25, 0.3) is 10.9 Å². The molecule has 3 nitrogen and oxygen atoms in total. The highest BCUT2D eigenvalue weighted by molar-refractivity contribution is 5.85. The van der Waals surface area contributed by atoms with Gasteiger partial charge in [-0.15, -0.1) is 0 Å². The minimum absolute atomic E-state index is 0.450. The second kappa shape index (κ2) is 5.12. The Hall–Kier alpha value is -1.32. The molecule has 0 radical (unpaired) electrons. The quantitative estimate of drug-likeness (QED) is 0.871. The molecule has 18 heavy (non-hydrogen) atoms. The van der Waals surface area contributed by atoms with Crippen molar-refractivity contribution in [3.63, 3.8) is 0 Å². The number of fused-ring (bicyclic) bond motifs is 1. The molecular formula is C15H22N2O. The molecule has 0 fully saturated rings. The normalized spacial score (nSPS) is 13.4. The Morgan fingerprint density at radius 3 is 2.56 bits per heavy atom. The minimum atomic E-state index is -0.450. The topological polar surface area (TPSA) is 51.2 Å². The second-order valence-electron chi connectivity index (χ2n) is 5.17. The molecular weight excluding hydrogens is 224 g/mol. The Morgan fingerprint density at radius 1 is 1.28 bits per heavy atom. The van der Waals surface area contributed by atoms with Gasteiger partial charge in [0.25, 0.3) is 0 Å². The minimum Gasteiger partial charge on any atom is -0.389 e. The summed E-state index contributed by atoms with van der Waals surface area (Å²) in [7, 11) is 0. The van der Waals surface area contributed by atoms with Crippen LogP contribution in [-0.4, -0.2) is 16.2 Å². The molecule has 0 saturated carbocycles. The summed E-state index contributed by atoms with van der Waals surface area (Å²) in [5.41, 5.74) is 9.07. The maximum atomic E-state index is 9.89. The lowest BCUT2D eigenvalue weighted by atomic mass is 9.99. The zero-order valence-electron chi connectivity index (χ0n) is 11.4. The van der Waals surface area contributed by atoms with Crippen LogP contribution in [0.3, 0.4) is 0 Å². The van der Waals surface area contributed by atoms with E-state index in [9.17, 15) is 5.11 Å². The Morgan fingerprint density at radius 2 is 2.00 bits per heavy atom. The molecule has 1 atom stereocenters. The molecule has 1 unspecified atom stereocenters. The van der Waals surface area contributed by atoms with E-state index in [1.807, 2.05) is 13.1 Å². The molecule has 1 heterocycles. The van der Waals surface area contributed by atoms with Crippen molar-refractivity contribution >= 4 is 10.9 Å². The van der Waals surface area contributed by atoms with Crippen LogP contribution in [0.1, 0.15) is 43.9 Å². The third-order valence-electron chi connectivity index (χ3n) is 3.42. The summed E-state index contributed by atoms with van der Waals surface area (Å²) in [6.45, 7) is 7.56. The van der Waals surface area contributed by atoms with E-state index in [-0.39, 0.29) is 0 Å². The van der Waals surface area contributed by atoms with Gasteiger partial charge in [-0.05, 0) is 30.5 Å². The van der Waals surface area contributed by atoms with Gasteiger partial charge in [0.05, 0.1) is 6.10 Å². The summed E-state index contributed by atoms with van der Waals surface area (Å²) in [4.78, 5) is 0. The molecule has 2 rings (SSSR count). The van der Waals surface area contributed by atoms with Crippen molar-refractivity contribution in [3.05, 3.63) is 35.5 Å². The van der Waals surface area contributed by atoms with Gasteiger partial charge in [0.15, 0.2) is 0 Å². The average Bonchev–Trinajstić information content (AvgIpc) is 2.68. The number of aromatic nitrogens is 1. The van der Waals surface area contributed by atoms with Crippen molar-refractivity contribution in [2.75, 3.05) is 6.54 Å². The summed E-state index contributed by atoms with van der Waals surface area (Å²) in [5.74, 6) is 0.495. The van der Waals surface area contributed by atoms with Gasteiger partial charge in [-0.3, -0.25) is 0 Å². The molecule has 0 aliphatic carbocycles. The van der Waals surface area contributed by atoms with Crippen LogP contribution in [0.5, 0.6) is 0 Å². The second-order valence-corrected chi connectivity index (χ2v) is 5.17. The lowest BCUT2D eigenvalue weighted by Gasteiger charge is -2.08. The molecule has 0 amide bonds. The van der Waals surface area contributed by atoms with E-state index < -0.39 is 6.10 Å². The van der Waals surface area contributed by atoms with Crippen molar-refractivity contribution in [2.45, 2.75) is 39.3 Å². The fraction of sp³-hybridized carbons (Fsp3) is 0.467. The first-order valence-electron chi connectivity index (χ1n) is 6.55. The molecule has 98 valence electrons. The van der Waals surface area contributed by atoms with Crippen molar-refractivity contribution < 1.29 is 5.11 Å². The molecule has 3 heteroatoms. The number of benzene rings is 1. The van der Waals surface area contributed by atoms with Crippen molar-refractivity contribution in [1.29, 1.82) is 0 Å². The van der Waals surface area contributed by atoms with Gasteiger partial charge in [-0.25, -0.2) is 0 Å². The summed E-state index contributed by atoms with van der Waals surface area (Å²) >= 11 is 0. The predicted octanol–water partition coefficient (Wildman–Crippen LogP) is 2.78. The number of aliphatic hydroxyl groups excluding tert-OH is 1. The molecule has 3 N–H and O–H groups in total. The van der Waals surface area contributed by atoms with Crippen LogP contribution in [0.15, 0.2) is 24.4 Å². The summed E-state index contributed by atoms with van der Waals surface area (Å²) in [5, 5.41) is 11.0. The molecule has 0 bridgehead atoms. The Balaban J connectivity index is 2.63. The summed E-state index contributed by atoms with van der Waals surface area (Å²) < 4.78 is 2.13. The van der Waals surface area contributed by atoms with E-state index in [2.05, 4.69) is 36.6 Å². The van der Waals surface area contributed by atoms with Crippen LogP contribution in [0.2, 0.25) is 0 Å². The van der Waals surface area contributed by atoms with Gasteiger partial charge >= 0.3 is 0 Å². The Bertz CT molecular complexity index is 541. The van der Waals surface area contributed by atoms with E-state index in [1.165, 1.54) is 5.56 Å². The zero-order chi connectivity index (χ0) is 13.3. The van der Waals surface area contributed by atoms with E-state index >= 15 is 0 Å². The first kappa shape index (κ1) is 13.1. The summed E-state index contributed by atoms with van der Waals surface area (Å²) in [6, 6.07) is 6.48. The largest absolute Gasteiger partial charge is 0.389 e. The third kappa shape index (κ3) is 2.28. The maximum absolute atomic E-state index is 9.89. The van der Waals surface area contributed by atoms with Crippen LogP contribution in [-0.2, 0) is 6.54 Å². The Labute approximate surface area is 108 Å². The molecule has 0 aliphatic heterocycles. The number of hydrogen-bond donors (Lipinski definition) is 2. The fourth-order valence-corrected chi connectivity index (χ4v) is 2.36. The number of hydrogen-bond acceptors (Lipinski definition) is 2. The van der Waals surface area contributed by atoms with Crippen LogP contribution in [0, 0.1) is 0 Å². The summed E-state index contributed by atoms with van der Waals surface area (Å²) in [6.07, 6.45) is 1.57. The number of aliphatic hydroxyl groups is 1. The first-order chi connectivity index (χ1) is 8.54. The van der Waals surface area contributed by atoms with E-state index in [0.29, 0.717) is 12.5 Å². The van der Waals surface area contributed by atoms with Gasteiger partial charge in [0.1, 0.15) is 0 Å². The fourth-order valence-electron chi connectivity index (χ4n) is 2.36. The third-order valence-corrected chi connectivity index (χ3v) is 3.42. The van der Waals surface area contributed by atoms with Gasteiger partial charge < -0.3 is 15.4 Å². The van der Waals surface area contributed by atoms with Crippen LogP contribution < -0.4 is 5.73 Å². The molecule has 1 aromatic heterocycles. The highest BCUT2D eigenvalue weighted by Gasteiger charge is 2.13. The monoisotopic (exact) mass is 246 g/mol. The van der Waals surface area contributed by atoms with Gasteiger partial charge in [-0.2, -0.15) is 0 Å². The number of rotatable bonds is 4. The van der Waals surface area contributed by atoms with E-state index in [1.54, 1.807) is 0 Å². The average molecular weight is 246 g/mol. The maximum Gasteiger partial charge on any atom is 0.0782 e. The lowest BCUT2D eigenvalue weighted by Crippen LogP contribution is -2.08. The number of nitrogens with zero attached hydrogens (tertiary/aromatic N) is 1. The highest BCUT2D eigenvalue weighted by atomic mass is 16.3. The van der Waals surface area contributed by atoms with Crippen LogP contribution >= 0.6 is 0 Å². The van der Waals surface area contributed by atoms with Crippen molar-refractivity contribution in [2.24, 2.45) is 5.73 Å². The smallest absolute Gasteiger partial charge is 0.0782 e.